The van der Waals surface area contributed by atoms with Crippen LogP contribution >= 0.6 is 27.5 Å². The third-order valence-electron chi connectivity index (χ3n) is 4.40. The van der Waals surface area contributed by atoms with E-state index in [0.29, 0.717) is 23.0 Å². The van der Waals surface area contributed by atoms with Crippen molar-refractivity contribution in [1.82, 2.24) is 0 Å². The lowest BCUT2D eigenvalue weighted by molar-refractivity contribution is -0.118. The maximum absolute atomic E-state index is 12.1. The highest BCUT2D eigenvalue weighted by Gasteiger charge is 2.06. The van der Waals surface area contributed by atoms with Gasteiger partial charge in [0.1, 0.15) is 5.75 Å². The number of carbonyl (C=O) groups excluding carboxylic acids is 1. The van der Waals surface area contributed by atoms with E-state index in [9.17, 15) is 4.79 Å². The van der Waals surface area contributed by atoms with E-state index in [1.807, 2.05) is 55.5 Å². The highest BCUT2D eigenvalue weighted by molar-refractivity contribution is 9.10. The van der Waals surface area contributed by atoms with E-state index in [2.05, 4.69) is 39.6 Å². The number of aryl methyl sites for hydroxylation is 2. The summed E-state index contributed by atoms with van der Waals surface area (Å²) in [7, 11) is 0. The highest BCUT2D eigenvalue weighted by atomic mass is 79.9. The Morgan fingerprint density at radius 2 is 1.86 bits per heavy atom. The summed E-state index contributed by atoms with van der Waals surface area (Å²) in [5, 5.41) is 6.83. The molecule has 1 amide bonds. The van der Waals surface area contributed by atoms with Gasteiger partial charge in [0.15, 0.2) is 6.61 Å². The predicted molar refractivity (Wildman–Crippen MR) is 123 cm³/mol. The minimum absolute atomic E-state index is 0.0752. The van der Waals surface area contributed by atoms with Crippen LogP contribution in [0.3, 0.4) is 0 Å². The fraction of sp³-hybridized carbons (Fsp3) is 0.174. The summed E-state index contributed by atoms with van der Waals surface area (Å²) in [5.41, 5.74) is 4.92. The normalized spacial score (nSPS) is 10.5. The first-order valence-electron chi connectivity index (χ1n) is 9.18. The second-order valence-corrected chi connectivity index (χ2v) is 8.08. The van der Waals surface area contributed by atoms with E-state index in [4.69, 9.17) is 16.3 Å². The Hall–Kier alpha value is -2.50. The number of ether oxygens (including phenoxy) is 1. The molecule has 0 saturated carbocycles. The molecule has 4 nitrogen and oxygen atoms in total. The van der Waals surface area contributed by atoms with E-state index in [-0.39, 0.29) is 12.5 Å². The van der Waals surface area contributed by atoms with Crippen molar-refractivity contribution in [2.45, 2.75) is 20.4 Å². The zero-order chi connectivity index (χ0) is 20.8. The maximum Gasteiger partial charge on any atom is 0.262 e. The van der Waals surface area contributed by atoms with Crippen molar-refractivity contribution in [1.29, 1.82) is 0 Å². The van der Waals surface area contributed by atoms with Crippen LogP contribution in [-0.4, -0.2) is 12.5 Å². The molecule has 0 bridgehead atoms. The van der Waals surface area contributed by atoms with Crippen LogP contribution in [-0.2, 0) is 11.3 Å². The summed E-state index contributed by atoms with van der Waals surface area (Å²) in [5.74, 6) is 0.410. The Bertz CT molecular complexity index is 1020. The summed E-state index contributed by atoms with van der Waals surface area (Å²) in [6, 6.07) is 19.2. The van der Waals surface area contributed by atoms with Gasteiger partial charge in [0.2, 0.25) is 0 Å². The average molecular weight is 474 g/mol. The van der Waals surface area contributed by atoms with Crippen LogP contribution in [0.5, 0.6) is 5.75 Å². The molecule has 3 rings (SSSR count). The molecule has 0 saturated heterocycles. The summed E-state index contributed by atoms with van der Waals surface area (Å²) < 4.78 is 6.70. The molecular weight excluding hydrogens is 452 g/mol. The van der Waals surface area contributed by atoms with Crippen molar-refractivity contribution in [3.05, 3.63) is 86.8 Å². The fourth-order valence-electron chi connectivity index (χ4n) is 2.78. The van der Waals surface area contributed by atoms with E-state index in [1.165, 1.54) is 5.56 Å². The van der Waals surface area contributed by atoms with Crippen LogP contribution in [0.4, 0.5) is 11.4 Å². The minimum atomic E-state index is -0.237. The molecule has 0 aromatic heterocycles. The van der Waals surface area contributed by atoms with Crippen molar-refractivity contribution in [2.75, 3.05) is 17.2 Å². The van der Waals surface area contributed by atoms with Crippen LogP contribution in [0.25, 0.3) is 0 Å². The van der Waals surface area contributed by atoms with E-state index in [1.54, 1.807) is 6.07 Å². The summed E-state index contributed by atoms with van der Waals surface area (Å²) in [4.78, 5) is 12.1. The molecule has 0 aliphatic carbocycles. The number of anilines is 2. The summed E-state index contributed by atoms with van der Waals surface area (Å²) in [6.45, 7) is 4.56. The molecule has 150 valence electrons. The van der Waals surface area contributed by atoms with Gasteiger partial charge in [-0.2, -0.15) is 0 Å². The van der Waals surface area contributed by atoms with Gasteiger partial charge in [-0.3, -0.25) is 4.79 Å². The van der Waals surface area contributed by atoms with Crippen molar-refractivity contribution >= 4 is 44.8 Å². The predicted octanol–water partition coefficient (Wildman–Crippen LogP) is 6.35. The van der Waals surface area contributed by atoms with Gasteiger partial charge in [-0.25, -0.2) is 0 Å². The fourth-order valence-corrected chi connectivity index (χ4v) is 3.44. The SMILES string of the molecule is Cc1ccc(NC(=O)COc2cccc(CNc3ccc(Br)cc3C)c2)cc1Cl. The highest BCUT2D eigenvalue weighted by Crippen LogP contribution is 2.22. The second-order valence-electron chi connectivity index (χ2n) is 6.76. The molecule has 0 atom stereocenters. The standard InChI is InChI=1S/C23H22BrClN2O2/c1-15-6-8-19(12-21(15)25)27-23(28)14-29-20-5-3-4-17(11-20)13-26-22-9-7-18(24)10-16(22)2/h3-12,26H,13-14H2,1-2H3,(H,27,28). The number of amides is 1. The van der Waals surface area contributed by atoms with Gasteiger partial charge in [0.25, 0.3) is 5.91 Å². The molecule has 3 aromatic carbocycles. The lowest BCUT2D eigenvalue weighted by atomic mass is 10.1. The quantitative estimate of drug-likeness (QED) is 0.420. The van der Waals surface area contributed by atoms with Crippen LogP contribution in [0, 0.1) is 13.8 Å². The molecule has 0 fully saturated rings. The summed E-state index contributed by atoms with van der Waals surface area (Å²) in [6.07, 6.45) is 0. The topological polar surface area (TPSA) is 50.4 Å². The van der Waals surface area contributed by atoms with Crippen molar-refractivity contribution in [2.24, 2.45) is 0 Å². The van der Waals surface area contributed by atoms with Gasteiger partial charge < -0.3 is 15.4 Å². The van der Waals surface area contributed by atoms with Gasteiger partial charge in [-0.05, 0) is 73.0 Å². The molecule has 3 aromatic rings. The Balaban J connectivity index is 1.53. The number of rotatable bonds is 7. The molecule has 6 heteroatoms. The largest absolute Gasteiger partial charge is 0.484 e. The maximum atomic E-state index is 12.1. The Kier molecular flexibility index (Phi) is 7.18. The van der Waals surface area contributed by atoms with Crippen LogP contribution in [0.2, 0.25) is 5.02 Å². The van der Waals surface area contributed by atoms with Crippen LogP contribution < -0.4 is 15.4 Å². The Morgan fingerprint density at radius 3 is 2.62 bits per heavy atom. The molecule has 29 heavy (non-hydrogen) atoms. The number of nitrogens with one attached hydrogen (secondary N) is 2. The number of benzene rings is 3. The van der Waals surface area contributed by atoms with E-state index < -0.39 is 0 Å². The van der Waals surface area contributed by atoms with Crippen LogP contribution in [0.1, 0.15) is 16.7 Å². The molecule has 0 heterocycles. The number of halogens is 2. The smallest absolute Gasteiger partial charge is 0.262 e. The molecule has 0 spiro atoms. The van der Waals surface area contributed by atoms with E-state index in [0.717, 1.165) is 21.3 Å². The number of carbonyl (C=O) groups is 1. The third kappa shape index (κ3) is 6.24. The van der Waals surface area contributed by atoms with Gasteiger partial charge >= 0.3 is 0 Å². The average Bonchev–Trinajstić information content (AvgIpc) is 2.69. The minimum Gasteiger partial charge on any atom is -0.484 e. The van der Waals surface area contributed by atoms with Gasteiger partial charge in [-0.15, -0.1) is 0 Å². The lowest BCUT2D eigenvalue weighted by Crippen LogP contribution is -2.20. The number of hydrogen-bond donors (Lipinski definition) is 2. The molecule has 0 aliphatic rings. The molecule has 0 unspecified atom stereocenters. The molecule has 0 aliphatic heterocycles. The Morgan fingerprint density at radius 1 is 1.03 bits per heavy atom. The molecule has 2 N–H and O–H groups in total. The summed E-state index contributed by atoms with van der Waals surface area (Å²) >= 11 is 9.56. The van der Waals surface area contributed by atoms with E-state index >= 15 is 0 Å². The monoisotopic (exact) mass is 472 g/mol. The van der Waals surface area contributed by atoms with Crippen molar-refractivity contribution in [3.8, 4) is 5.75 Å². The van der Waals surface area contributed by atoms with Gasteiger partial charge in [0, 0.05) is 27.4 Å². The second kappa shape index (κ2) is 9.81. The van der Waals surface area contributed by atoms with Gasteiger partial charge in [-0.1, -0.05) is 45.7 Å². The van der Waals surface area contributed by atoms with Crippen molar-refractivity contribution < 1.29 is 9.53 Å². The molecular formula is C23H22BrClN2O2. The Labute approximate surface area is 184 Å². The molecule has 0 radical (unpaired) electrons. The first kappa shape index (κ1) is 21.2. The first-order valence-corrected chi connectivity index (χ1v) is 10.4. The third-order valence-corrected chi connectivity index (χ3v) is 5.30. The lowest BCUT2D eigenvalue weighted by Gasteiger charge is -2.12. The zero-order valence-electron chi connectivity index (χ0n) is 16.3. The number of hydrogen-bond acceptors (Lipinski definition) is 3. The first-order chi connectivity index (χ1) is 13.9. The van der Waals surface area contributed by atoms with Crippen molar-refractivity contribution in [3.63, 3.8) is 0 Å². The van der Waals surface area contributed by atoms with Crippen LogP contribution in [0.15, 0.2) is 65.1 Å². The van der Waals surface area contributed by atoms with Gasteiger partial charge in [0.05, 0.1) is 0 Å². The zero-order valence-corrected chi connectivity index (χ0v) is 18.6.